The second kappa shape index (κ2) is 8.50. The van der Waals surface area contributed by atoms with Gasteiger partial charge in [-0.25, -0.2) is 0 Å². The molecule has 2 aromatic carbocycles. The highest BCUT2D eigenvalue weighted by molar-refractivity contribution is 6.30. The van der Waals surface area contributed by atoms with E-state index in [2.05, 4.69) is 5.32 Å². The van der Waals surface area contributed by atoms with Gasteiger partial charge in [0.2, 0.25) is 11.8 Å². The van der Waals surface area contributed by atoms with Crippen LogP contribution in [-0.2, 0) is 16.0 Å². The van der Waals surface area contributed by atoms with Gasteiger partial charge in [-0.1, -0.05) is 42.8 Å². The van der Waals surface area contributed by atoms with E-state index in [1.165, 1.54) is 6.92 Å². The van der Waals surface area contributed by atoms with Crippen molar-refractivity contribution in [3.05, 3.63) is 59.1 Å². The van der Waals surface area contributed by atoms with E-state index in [1.807, 2.05) is 31.2 Å². The Morgan fingerprint density at radius 3 is 2.54 bits per heavy atom. The third-order valence-corrected chi connectivity index (χ3v) is 3.97. The Hall–Kier alpha value is -2.33. The first kappa shape index (κ1) is 18.0. The number of rotatable bonds is 6. The van der Waals surface area contributed by atoms with Crippen molar-refractivity contribution >= 4 is 34.8 Å². The SMILES string of the molecule is CCc1ccccc1NC(=O)CCN(C(C)=O)c1cccc(Cl)c1. The van der Waals surface area contributed by atoms with Crippen molar-refractivity contribution in [2.24, 2.45) is 0 Å². The summed E-state index contributed by atoms with van der Waals surface area (Å²) in [6.07, 6.45) is 1.06. The molecule has 126 valence electrons. The van der Waals surface area contributed by atoms with Crippen LogP contribution in [0, 0.1) is 0 Å². The Kier molecular flexibility index (Phi) is 6.38. The quantitative estimate of drug-likeness (QED) is 0.850. The van der Waals surface area contributed by atoms with Crippen LogP contribution < -0.4 is 10.2 Å². The third kappa shape index (κ3) is 4.83. The van der Waals surface area contributed by atoms with Gasteiger partial charge in [-0.3, -0.25) is 9.59 Å². The molecule has 0 saturated heterocycles. The van der Waals surface area contributed by atoms with Gasteiger partial charge in [-0.05, 0) is 36.2 Å². The van der Waals surface area contributed by atoms with Gasteiger partial charge in [-0.2, -0.15) is 0 Å². The number of benzene rings is 2. The maximum Gasteiger partial charge on any atom is 0.226 e. The fraction of sp³-hybridized carbons (Fsp3) is 0.263. The zero-order valence-electron chi connectivity index (χ0n) is 13.9. The average molecular weight is 345 g/mol. The van der Waals surface area contributed by atoms with Crippen LogP contribution in [0.4, 0.5) is 11.4 Å². The molecular formula is C19H21ClN2O2. The van der Waals surface area contributed by atoms with E-state index in [0.717, 1.165) is 17.7 Å². The van der Waals surface area contributed by atoms with E-state index in [-0.39, 0.29) is 18.2 Å². The number of para-hydroxylation sites is 1. The topological polar surface area (TPSA) is 49.4 Å². The van der Waals surface area contributed by atoms with Crippen molar-refractivity contribution in [3.63, 3.8) is 0 Å². The largest absolute Gasteiger partial charge is 0.326 e. The second-order valence-electron chi connectivity index (χ2n) is 5.46. The number of halogens is 1. The highest BCUT2D eigenvalue weighted by atomic mass is 35.5. The summed E-state index contributed by atoms with van der Waals surface area (Å²) in [5.74, 6) is -0.247. The molecule has 0 spiro atoms. The number of amides is 2. The molecular weight excluding hydrogens is 324 g/mol. The minimum Gasteiger partial charge on any atom is -0.326 e. The van der Waals surface area contributed by atoms with E-state index >= 15 is 0 Å². The van der Waals surface area contributed by atoms with Crippen LogP contribution in [0.25, 0.3) is 0 Å². The smallest absolute Gasteiger partial charge is 0.226 e. The molecule has 0 aliphatic heterocycles. The molecule has 0 atom stereocenters. The van der Waals surface area contributed by atoms with E-state index in [0.29, 0.717) is 17.3 Å². The van der Waals surface area contributed by atoms with Crippen molar-refractivity contribution in [1.82, 2.24) is 0 Å². The van der Waals surface area contributed by atoms with Gasteiger partial charge < -0.3 is 10.2 Å². The molecule has 4 nitrogen and oxygen atoms in total. The summed E-state index contributed by atoms with van der Waals surface area (Å²) >= 11 is 5.98. The standard InChI is InChI=1S/C19H21ClN2O2/c1-3-15-7-4-5-10-18(15)21-19(24)11-12-22(14(2)23)17-9-6-8-16(20)13-17/h4-10,13H,3,11-12H2,1-2H3,(H,21,24). The average Bonchev–Trinajstić information content (AvgIpc) is 2.55. The first-order valence-electron chi connectivity index (χ1n) is 7.92. The van der Waals surface area contributed by atoms with Crippen LogP contribution in [0.2, 0.25) is 5.02 Å². The lowest BCUT2D eigenvalue weighted by atomic mass is 10.1. The summed E-state index contributed by atoms with van der Waals surface area (Å²) < 4.78 is 0. The highest BCUT2D eigenvalue weighted by Gasteiger charge is 2.14. The zero-order chi connectivity index (χ0) is 17.5. The number of carbonyl (C=O) groups excluding carboxylic acids is 2. The van der Waals surface area contributed by atoms with Crippen molar-refractivity contribution < 1.29 is 9.59 Å². The Bertz CT molecular complexity index is 731. The van der Waals surface area contributed by atoms with Crippen LogP contribution in [0.3, 0.4) is 0 Å². The van der Waals surface area contributed by atoms with Crippen LogP contribution in [0.15, 0.2) is 48.5 Å². The molecule has 0 aliphatic carbocycles. The molecule has 0 radical (unpaired) electrons. The summed E-state index contributed by atoms with van der Waals surface area (Å²) in [6.45, 7) is 3.82. The monoisotopic (exact) mass is 344 g/mol. The Morgan fingerprint density at radius 1 is 1.12 bits per heavy atom. The maximum absolute atomic E-state index is 12.2. The first-order chi connectivity index (χ1) is 11.5. The summed E-state index contributed by atoms with van der Waals surface area (Å²) in [6, 6.07) is 14.8. The van der Waals surface area contributed by atoms with E-state index in [9.17, 15) is 9.59 Å². The van der Waals surface area contributed by atoms with Crippen molar-refractivity contribution in [2.45, 2.75) is 26.7 Å². The van der Waals surface area contributed by atoms with Gasteiger partial charge in [0, 0.05) is 36.3 Å². The molecule has 0 heterocycles. The predicted octanol–water partition coefficient (Wildman–Crippen LogP) is 4.28. The fourth-order valence-corrected chi connectivity index (χ4v) is 2.67. The number of carbonyl (C=O) groups is 2. The second-order valence-corrected chi connectivity index (χ2v) is 5.90. The number of nitrogens with zero attached hydrogens (tertiary/aromatic N) is 1. The molecule has 2 amide bonds. The highest BCUT2D eigenvalue weighted by Crippen LogP contribution is 2.20. The van der Waals surface area contributed by atoms with Crippen molar-refractivity contribution in [1.29, 1.82) is 0 Å². The summed E-state index contributed by atoms with van der Waals surface area (Å²) in [5, 5.41) is 3.47. The molecule has 0 saturated carbocycles. The Morgan fingerprint density at radius 2 is 1.88 bits per heavy atom. The minimum atomic E-state index is -0.126. The number of nitrogens with one attached hydrogen (secondary N) is 1. The molecule has 0 unspecified atom stereocenters. The molecule has 2 aromatic rings. The van der Waals surface area contributed by atoms with Gasteiger partial charge in [0.05, 0.1) is 0 Å². The summed E-state index contributed by atoms with van der Waals surface area (Å²) in [4.78, 5) is 25.7. The molecule has 0 aromatic heterocycles. The van der Waals surface area contributed by atoms with Gasteiger partial charge >= 0.3 is 0 Å². The lowest BCUT2D eigenvalue weighted by Gasteiger charge is -2.21. The molecule has 2 rings (SSSR count). The van der Waals surface area contributed by atoms with Gasteiger partial charge in [-0.15, -0.1) is 0 Å². The lowest BCUT2D eigenvalue weighted by Crippen LogP contribution is -2.32. The summed E-state index contributed by atoms with van der Waals surface area (Å²) in [7, 11) is 0. The zero-order valence-corrected chi connectivity index (χ0v) is 14.6. The third-order valence-electron chi connectivity index (χ3n) is 3.73. The molecule has 0 fully saturated rings. The van der Waals surface area contributed by atoms with Gasteiger partial charge in [0.25, 0.3) is 0 Å². The molecule has 0 bridgehead atoms. The fourth-order valence-electron chi connectivity index (χ4n) is 2.49. The number of hydrogen-bond donors (Lipinski definition) is 1. The molecule has 0 aliphatic rings. The van der Waals surface area contributed by atoms with Gasteiger partial charge in [0.15, 0.2) is 0 Å². The van der Waals surface area contributed by atoms with Crippen LogP contribution in [0.5, 0.6) is 0 Å². The first-order valence-corrected chi connectivity index (χ1v) is 8.30. The number of hydrogen-bond acceptors (Lipinski definition) is 2. The molecule has 24 heavy (non-hydrogen) atoms. The van der Waals surface area contributed by atoms with E-state index < -0.39 is 0 Å². The van der Waals surface area contributed by atoms with Crippen LogP contribution in [-0.4, -0.2) is 18.4 Å². The van der Waals surface area contributed by atoms with Crippen LogP contribution >= 0.6 is 11.6 Å². The Labute approximate surface area is 147 Å². The maximum atomic E-state index is 12.2. The van der Waals surface area contributed by atoms with E-state index in [4.69, 9.17) is 11.6 Å². The van der Waals surface area contributed by atoms with Crippen molar-refractivity contribution in [2.75, 3.05) is 16.8 Å². The predicted molar refractivity (Wildman–Crippen MR) is 98.5 cm³/mol. The molecule has 1 N–H and O–H groups in total. The van der Waals surface area contributed by atoms with Gasteiger partial charge in [0.1, 0.15) is 0 Å². The minimum absolute atomic E-state index is 0.121. The number of anilines is 2. The lowest BCUT2D eigenvalue weighted by molar-refractivity contribution is -0.117. The molecule has 5 heteroatoms. The summed E-state index contributed by atoms with van der Waals surface area (Å²) in [5.41, 5.74) is 2.60. The van der Waals surface area contributed by atoms with Crippen molar-refractivity contribution in [3.8, 4) is 0 Å². The normalized spacial score (nSPS) is 10.3. The van der Waals surface area contributed by atoms with E-state index in [1.54, 1.807) is 29.2 Å². The van der Waals surface area contributed by atoms with Crippen LogP contribution in [0.1, 0.15) is 25.8 Å². The number of aryl methyl sites for hydroxylation is 1. The Balaban J connectivity index is 2.02.